The number of rotatable bonds is 5. The van der Waals surface area contributed by atoms with Crippen molar-refractivity contribution < 1.29 is 0 Å². The summed E-state index contributed by atoms with van der Waals surface area (Å²) >= 11 is 1.95. The number of aromatic nitrogens is 3. The zero-order valence-corrected chi connectivity index (χ0v) is 30.8. The second-order valence-electron chi connectivity index (χ2n) is 15.1. The zero-order valence-electron chi connectivity index (χ0n) is 30.0. The van der Waals surface area contributed by atoms with E-state index in [0.717, 1.165) is 65.7 Å². The van der Waals surface area contributed by atoms with E-state index in [4.69, 9.17) is 9.97 Å². The van der Waals surface area contributed by atoms with Crippen LogP contribution >= 0.6 is 11.8 Å². The zero-order chi connectivity index (χ0) is 35.6. The molecule has 0 fully saturated rings. The first kappa shape index (κ1) is 31.8. The van der Waals surface area contributed by atoms with Crippen LogP contribution in [0.4, 0.5) is 0 Å². The molecule has 5 aliphatic rings. The fraction of sp³-hybridized carbons (Fsp3) is 0.160. The van der Waals surface area contributed by atoms with Gasteiger partial charge in [-0.3, -0.25) is 4.57 Å². The number of allylic oxidation sites excluding steroid dienone is 16. The summed E-state index contributed by atoms with van der Waals surface area (Å²) in [6.45, 7) is 0. The van der Waals surface area contributed by atoms with E-state index in [2.05, 4.69) is 162 Å². The molecule has 0 bridgehead atoms. The summed E-state index contributed by atoms with van der Waals surface area (Å²) in [5, 5.41) is 3.54. The van der Waals surface area contributed by atoms with E-state index >= 15 is 0 Å². The van der Waals surface area contributed by atoms with Crippen LogP contribution in [0.3, 0.4) is 0 Å². The van der Waals surface area contributed by atoms with E-state index < -0.39 is 0 Å². The number of benzene rings is 4. The van der Waals surface area contributed by atoms with Crippen LogP contribution in [0.5, 0.6) is 0 Å². The maximum atomic E-state index is 5.49. The van der Waals surface area contributed by atoms with Gasteiger partial charge in [-0.25, -0.2) is 9.97 Å². The SMILES string of the molecule is C1=CCCC(C2=CC=CC(C3C=CC=C(c4nc(-n5c6ccccc6c6cc(C7=C8Sc9ccccc9C8CC=C7)ccc65)nc5ccccc45)C3)C2)=C1. The van der Waals surface area contributed by atoms with Gasteiger partial charge >= 0.3 is 0 Å². The molecule has 3 unspecified atom stereocenters. The van der Waals surface area contributed by atoms with Gasteiger partial charge in [0.15, 0.2) is 0 Å². The normalized spacial score (nSPS) is 21.8. The summed E-state index contributed by atoms with van der Waals surface area (Å²) in [4.78, 5) is 13.6. The predicted octanol–water partition coefficient (Wildman–Crippen LogP) is 13.0. The maximum absolute atomic E-state index is 5.49. The van der Waals surface area contributed by atoms with Gasteiger partial charge in [0.1, 0.15) is 0 Å². The molecule has 4 aliphatic carbocycles. The lowest BCUT2D eigenvalue weighted by molar-refractivity contribution is 0.473. The first-order valence-electron chi connectivity index (χ1n) is 19.4. The van der Waals surface area contributed by atoms with Crippen molar-refractivity contribution >= 4 is 55.6 Å². The molecule has 2 aromatic heterocycles. The third-order valence-corrected chi connectivity index (χ3v) is 13.3. The van der Waals surface area contributed by atoms with E-state index in [1.165, 1.54) is 54.0 Å². The van der Waals surface area contributed by atoms with E-state index in [1.54, 1.807) is 0 Å². The summed E-state index contributed by atoms with van der Waals surface area (Å²) in [5.74, 6) is 2.02. The van der Waals surface area contributed by atoms with Crippen molar-refractivity contribution in [1.82, 2.24) is 14.5 Å². The lowest BCUT2D eigenvalue weighted by Gasteiger charge is -2.29. The lowest BCUT2D eigenvalue weighted by Crippen LogP contribution is -2.17. The minimum absolute atomic E-state index is 0.406. The van der Waals surface area contributed by atoms with Gasteiger partial charge in [0.25, 0.3) is 0 Å². The second-order valence-corrected chi connectivity index (χ2v) is 16.2. The van der Waals surface area contributed by atoms with E-state index in [-0.39, 0.29) is 0 Å². The fourth-order valence-corrected chi connectivity index (χ4v) is 10.7. The van der Waals surface area contributed by atoms with Crippen molar-refractivity contribution in [2.45, 2.75) is 42.9 Å². The smallest absolute Gasteiger partial charge is 0.235 e. The minimum Gasteiger partial charge on any atom is -0.278 e. The summed E-state index contributed by atoms with van der Waals surface area (Å²) in [6.07, 6.45) is 30.8. The minimum atomic E-state index is 0.406. The van der Waals surface area contributed by atoms with Gasteiger partial charge in [-0.1, -0.05) is 139 Å². The van der Waals surface area contributed by atoms with Crippen LogP contribution in [0.25, 0.3) is 49.8 Å². The molecule has 0 amide bonds. The molecule has 6 aromatic rings. The molecule has 0 radical (unpaired) electrons. The Hall–Kier alpha value is -5.71. The van der Waals surface area contributed by atoms with Crippen LogP contribution in [0.2, 0.25) is 0 Å². The molecule has 3 heterocycles. The number of nitrogens with zero attached hydrogens (tertiary/aromatic N) is 3. The topological polar surface area (TPSA) is 30.7 Å². The average molecular weight is 714 g/mol. The van der Waals surface area contributed by atoms with E-state index in [1.807, 2.05) is 11.8 Å². The molecule has 3 atom stereocenters. The molecule has 54 heavy (non-hydrogen) atoms. The van der Waals surface area contributed by atoms with E-state index in [9.17, 15) is 0 Å². The van der Waals surface area contributed by atoms with Crippen LogP contribution in [0.1, 0.15) is 54.8 Å². The van der Waals surface area contributed by atoms with Crippen molar-refractivity contribution in [3.63, 3.8) is 0 Å². The second kappa shape index (κ2) is 13.0. The summed E-state index contributed by atoms with van der Waals surface area (Å²) in [7, 11) is 0. The van der Waals surface area contributed by atoms with Gasteiger partial charge in [-0.05, 0) is 108 Å². The number of hydrogen-bond donors (Lipinski definition) is 0. The van der Waals surface area contributed by atoms with Crippen LogP contribution in [-0.2, 0) is 0 Å². The maximum Gasteiger partial charge on any atom is 0.235 e. The molecular formula is C50H39N3S. The first-order chi connectivity index (χ1) is 26.8. The number of para-hydroxylation sites is 2. The van der Waals surface area contributed by atoms with Gasteiger partial charge in [0.05, 0.1) is 22.2 Å². The van der Waals surface area contributed by atoms with Gasteiger partial charge < -0.3 is 0 Å². The Kier molecular flexibility index (Phi) is 7.65. The predicted molar refractivity (Wildman–Crippen MR) is 227 cm³/mol. The van der Waals surface area contributed by atoms with Crippen LogP contribution in [0, 0.1) is 11.8 Å². The molecule has 3 nitrogen and oxygen atoms in total. The van der Waals surface area contributed by atoms with Crippen molar-refractivity contribution in [2.75, 3.05) is 0 Å². The monoisotopic (exact) mass is 713 g/mol. The largest absolute Gasteiger partial charge is 0.278 e. The van der Waals surface area contributed by atoms with Gasteiger partial charge in [-0.15, -0.1) is 0 Å². The molecule has 0 N–H and O–H groups in total. The van der Waals surface area contributed by atoms with Gasteiger partial charge in [0, 0.05) is 31.9 Å². The standard InChI is InChI=1S/C50H39N3S/c1-2-13-32(14-3-1)33-15-10-16-34(29-33)35-17-11-18-37(30-35)48-42-21-4-7-24-44(42)51-50(52-48)53-45-25-8-5-19-39(45)43-31-36(27-28-46(43)53)38-22-12-23-41-40-20-6-9-26-47(40)54-49(38)41/h1-2,4-13,15-22,24-28,31,34-35,41H,3,14,23,29-30H2. The van der Waals surface area contributed by atoms with Crippen LogP contribution in [0.15, 0.2) is 179 Å². The summed E-state index contributed by atoms with van der Waals surface area (Å²) in [5.41, 5.74) is 12.6. The highest BCUT2D eigenvalue weighted by Gasteiger charge is 2.32. The molecule has 4 aromatic carbocycles. The fourth-order valence-electron chi connectivity index (χ4n) is 9.36. The Bertz CT molecular complexity index is 2800. The highest BCUT2D eigenvalue weighted by molar-refractivity contribution is 8.03. The molecule has 4 heteroatoms. The highest BCUT2D eigenvalue weighted by Crippen LogP contribution is 2.55. The van der Waals surface area contributed by atoms with E-state index in [0.29, 0.717) is 17.8 Å². The number of hydrogen-bond acceptors (Lipinski definition) is 3. The third-order valence-electron chi connectivity index (χ3n) is 12.0. The van der Waals surface area contributed by atoms with Crippen molar-refractivity contribution in [3.8, 4) is 5.95 Å². The molecule has 260 valence electrons. The Labute approximate surface area is 320 Å². The quantitative estimate of drug-likeness (QED) is 0.178. The number of fused-ring (bicyclic) bond motifs is 7. The molecule has 0 saturated carbocycles. The van der Waals surface area contributed by atoms with Gasteiger partial charge in [-0.2, -0.15) is 0 Å². The Morgan fingerprint density at radius 1 is 0.648 bits per heavy atom. The Morgan fingerprint density at radius 3 is 2.30 bits per heavy atom. The van der Waals surface area contributed by atoms with Crippen LogP contribution < -0.4 is 0 Å². The highest BCUT2D eigenvalue weighted by atomic mass is 32.2. The van der Waals surface area contributed by atoms with Gasteiger partial charge in [0.2, 0.25) is 5.95 Å². The summed E-state index contributed by atoms with van der Waals surface area (Å²) < 4.78 is 2.28. The summed E-state index contributed by atoms with van der Waals surface area (Å²) in [6, 6.07) is 33.2. The molecule has 0 spiro atoms. The molecular weight excluding hydrogens is 675 g/mol. The molecule has 1 aliphatic heterocycles. The molecule has 0 saturated heterocycles. The Balaban J connectivity index is 0.994. The average Bonchev–Trinajstić information content (AvgIpc) is 3.79. The van der Waals surface area contributed by atoms with Crippen molar-refractivity contribution in [2.24, 2.45) is 11.8 Å². The third kappa shape index (κ3) is 5.27. The van der Waals surface area contributed by atoms with Crippen molar-refractivity contribution in [3.05, 3.63) is 191 Å². The lowest BCUT2D eigenvalue weighted by atomic mass is 9.76. The van der Waals surface area contributed by atoms with Crippen LogP contribution in [-0.4, -0.2) is 14.5 Å². The van der Waals surface area contributed by atoms with Crippen molar-refractivity contribution in [1.29, 1.82) is 0 Å². The molecule has 11 rings (SSSR count). The Morgan fingerprint density at radius 2 is 1.41 bits per heavy atom. The first-order valence-corrected chi connectivity index (χ1v) is 20.2. The number of thioether (sulfide) groups is 1.